The van der Waals surface area contributed by atoms with Crippen molar-refractivity contribution in [2.45, 2.75) is 38.5 Å². The predicted molar refractivity (Wildman–Crippen MR) is 223 cm³/mol. The van der Waals surface area contributed by atoms with Gasteiger partial charge in [-0.2, -0.15) is 0 Å². The summed E-state index contributed by atoms with van der Waals surface area (Å²) in [5.74, 6) is 0. The van der Waals surface area contributed by atoms with E-state index in [9.17, 15) is 0 Å². The van der Waals surface area contributed by atoms with E-state index in [0.717, 1.165) is 77.8 Å². The first kappa shape index (κ1) is 37.4. The largest absolute Gasteiger partial charge is 0.257 e. The molecule has 4 heteroatoms. The lowest BCUT2D eigenvalue weighted by Crippen LogP contribution is -2.42. The molecule has 0 aliphatic carbocycles. The van der Waals surface area contributed by atoms with Gasteiger partial charge in [-0.25, -0.2) is 0 Å². The van der Waals surface area contributed by atoms with Crippen molar-refractivity contribution in [2.75, 3.05) is 39.3 Å². The average molecular weight is 704 g/mol. The van der Waals surface area contributed by atoms with Crippen LogP contribution in [-0.4, -0.2) is 53.3 Å². The Hall–Kier alpha value is -4.37. The lowest BCUT2D eigenvalue weighted by Gasteiger charge is -2.46. The molecule has 266 valence electrons. The minimum Gasteiger partial charge on any atom is -0.257 e. The highest BCUT2D eigenvalue weighted by Crippen LogP contribution is 2.49. The predicted octanol–water partition coefficient (Wildman–Crippen LogP) is 10.6. The Bertz CT molecular complexity index is 1440. The highest BCUT2D eigenvalue weighted by atomic mass is 31.2. The molecule has 0 aliphatic rings. The van der Waals surface area contributed by atoms with Crippen molar-refractivity contribution in [2.24, 2.45) is 0 Å². The Balaban J connectivity index is 1.38. The van der Waals surface area contributed by atoms with Gasteiger partial charge < -0.3 is 0 Å². The molecule has 0 saturated carbocycles. The van der Waals surface area contributed by atoms with Crippen molar-refractivity contribution in [1.29, 1.82) is 0 Å². The molecule has 0 atom stereocenters. The van der Waals surface area contributed by atoms with E-state index in [2.05, 4.69) is 196 Å². The van der Waals surface area contributed by atoms with Crippen LogP contribution in [0.3, 0.4) is 0 Å². The normalized spacial score (nSPS) is 11.5. The highest BCUT2D eigenvalue weighted by molar-refractivity contribution is 7.50. The fourth-order valence-corrected chi connectivity index (χ4v) is 9.57. The Morgan fingerprint density at radius 1 is 0.231 bits per heavy atom. The van der Waals surface area contributed by atoms with Crippen molar-refractivity contribution < 1.29 is 0 Å². The van der Waals surface area contributed by atoms with E-state index in [1.165, 1.54) is 33.4 Å². The zero-order valence-electron chi connectivity index (χ0n) is 30.6. The zero-order valence-corrected chi connectivity index (χ0v) is 31.5. The molecule has 52 heavy (non-hydrogen) atoms. The lowest BCUT2D eigenvalue weighted by atomic mass is 10.1. The molecule has 0 bridgehead atoms. The van der Waals surface area contributed by atoms with Crippen molar-refractivity contribution in [3.63, 3.8) is 0 Å². The third-order valence-corrected chi connectivity index (χ3v) is 12.5. The lowest BCUT2D eigenvalue weighted by molar-refractivity contribution is 0.321. The molecule has 6 aromatic carbocycles. The van der Waals surface area contributed by atoms with Gasteiger partial charge in [0, 0.05) is 39.3 Å². The molecule has 0 amide bonds. The fraction of sp³-hybridized carbons (Fsp3) is 0.250. The molecule has 0 radical (unpaired) electrons. The monoisotopic (exact) mass is 703 g/mol. The van der Waals surface area contributed by atoms with Crippen LogP contribution in [0.25, 0.3) is 0 Å². The topological polar surface area (TPSA) is 9.72 Å². The van der Waals surface area contributed by atoms with Crippen LogP contribution in [0.2, 0.25) is 0 Å². The molecule has 0 fully saturated rings. The number of benzene rings is 6. The number of nitrogens with zero attached hydrogens (tertiary/aromatic N) is 3. The van der Waals surface area contributed by atoms with Crippen molar-refractivity contribution >= 4 is 8.37 Å². The second kappa shape index (κ2) is 21.2. The molecule has 0 heterocycles. The van der Waals surface area contributed by atoms with E-state index in [-0.39, 0.29) is 0 Å². The summed E-state index contributed by atoms with van der Waals surface area (Å²) in [6.07, 6.45) is 6.20. The third kappa shape index (κ3) is 12.4. The molecule has 0 saturated heterocycles. The van der Waals surface area contributed by atoms with E-state index >= 15 is 0 Å². The van der Waals surface area contributed by atoms with Gasteiger partial charge in [-0.15, -0.1) is 0 Å². The van der Waals surface area contributed by atoms with Crippen LogP contribution >= 0.6 is 8.37 Å². The summed E-state index contributed by atoms with van der Waals surface area (Å²) in [6.45, 7) is 6.10. The van der Waals surface area contributed by atoms with E-state index < -0.39 is 8.37 Å². The highest BCUT2D eigenvalue weighted by Gasteiger charge is 2.31. The van der Waals surface area contributed by atoms with Crippen LogP contribution in [0.1, 0.15) is 33.4 Å². The maximum Gasteiger partial charge on any atom is 0.120 e. The third-order valence-electron chi connectivity index (χ3n) is 9.77. The van der Waals surface area contributed by atoms with Gasteiger partial charge in [-0.3, -0.25) is 14.0 Å². The number of rotatable bonds is 21. The van der Waals surface area contributed by atoms with Gasteiger partial charge in [0.1, 0.15) is 8.37 Å². The van der Waals surface area contributed by atoms with Crippen LogP contribution in [0.4, 0.5) is 0 Å². The van der Waals surface area contributed by atoms with Crippen LogP contribution in [-0.2, 0) is 38.5 Å². The number of hydrogen-bond acceptors (Lipinski definition) is 3. The molecule has 0 unspecified atom stereocenters. The SMILES string of the molecule is c1ccc(CCN(CCc2ccccc2)P(N(CCc2ccccc2)CCc2ccccc2)N(CCc2ccccc2)CCc2ccccc2)cc1. The van der Waals surface area contributed by atoms with E-state index in [1.807, 2.05) is 0 Å². The second-order valence-corrected chi connectivity index (χ2v) is 15.8. The Labute approximate surface area is 314 Å². The minimum atomic E-state index is -0.828. The quantitative estimate of drug-likeness (QED) is 0.0691. The average Bonchev–Trinajstić information content (AvgIpc) is 3.22. The first-order valence-corrected chi connectivity index (χ1v) is 20.3. The summed E-state index contributed by atoms with van der Waals surface area (Å²) in [7, 11) is -0.828. The smallest absolute Gasteiger partial charge is 0.120 e. The van der Waals surface area contributed by atoms with Gasteiger partial charge in [-0.1, -0.05) is 182 Å². The number of hydrogen-bond donors (Lipinski definition) is 0. The first-order chi connectivity index (χ1) is 25.8. The van der Waals surface area contributed by atoms with E-state index in [1.54, 1.807) is 0 Å². The van der Waals surface area contributed by atoms with Crippen LogP contribution in [0.5, 0.6) is 0 Å². The first-order valence-electron chi connectivity index (χ1n) is 19.1. The molecule has 0 spiro atoms. The summed E-state index contributed by atoms with van der Waals surface area (Å²) in [5.41, 5.74) is 8.43. The van der Waals surface area contributed by atoms with Gasteiger partial charge in [0.05, 0.1) is 0 Å². The van der Waals surface area contributed by atoms with Crippen LogP contribution in [0.15, 0.2) is 182 Å². The maximum atomic E-state index is 2.88. The summed E-state index contributed by atoms with van der Waals surface area (Å²) in [5, 5.41) is 0. The van der Waals surface area contributed by atoms with Crippen molar-refractivity contribution in [3.8, 4) is 0 Å². The summed E-state index contributed by atoms with van der Waals surface area (Å²) < 4.78 is 8.63. The van der Waals surface area contributed by atoms with Gasteiger partial charge in [0.25, 0.3) is 0 Å². The molecule has 6 aromatic rings. The Morgan fingerprint density at radius 3 is 0.538 bits per heavy atom. The molecular weight excluding hydrogens is 650 g/mol. The minimum absolute atomic E-state index is 0.828. The van der Waals surface area contributed by atoms with Gasteiger partial charge in [0.2, 0.25) is 0 Å². The van der Waals surface area contributed by atoms with Gasteiger partial charge in [-0.05, 0) is 71.9 Å². The van der Waals surface area contributed by atoms with Gasteiger partial charge >= 0.3 is 0 Å². The molecule has 0 aromatic heterocycles. The molecule has 6 rings (SSSR count). The van der Waals surface area contributed by atoms with E-state index in [4.69, 9.17) is 0 Å². The van der Waals surface area contributed by atoms with E-state index in [0.29, 0.717) is 0 Å². The molecule has 0 aliphatic heterocycles. The summed E-state index contributed by atoms with van der Waals surface area (Å²) >= 11 is 0. The van der Waals surface area contributed by atoms with Crippen LogP contribution in [0, 0.1) is 0 Å². The maximum absolute atomic E-state index is 2.88. The van der Waals surface area contributed by atoms with Crippen molar-refractivity contribution in [3.05, 3.63) is 215 Å². The van der Waals surface area contributed by atoms with Gasteiger partial charge in [0.15, 0.2) is 0 Å². The Kier molecular flexibility index (Phi) is 15.3. The van der Waals surface area contributed by atoms with Crippen molar-refractivity contribution in [1.82, 2.24) is 14.0 Å². The second-order valence-electron chi connectivity index (χ2n) is 13.5. The standard InChI is InChI=1S/C48H54N3P/c1-7-19-43(20-8-1)31-37-49(38-32-44-21-9-2-10-22-44)52(50(39-33-45-23-11-3-12-24-45)40-34-46-25-13-4-14-26-46)51(41-35-47-27-15-5-16-28-47)42-36-48-29-17-6-18-30-48/h1-30H,31-42H2. The summed E-state index contributed by atoms with van der Waals surface area (Å²) in [6, 6.07) is 66.5. The molecule has 0 N–H and O–H groups in total. The molecular formula is C48H54N3P. The summed E-state index contributed by atoms with van der Waals surface area (Å²) in [4.78, 5) is 0. The molecule has 3 nitrogen and oxygen atoms in total. The fourth-order valence-electron chi connectivity index (χ4n) is 6.83. The zero-order chi connectivity index (χ0) is 35.5. The van der Waals surface area contributed by atoms with Crippen LogP contribution < -0.4 is 0 Å². The Morgan fingerprint density at radius 2 is 0.385 bits per heavy atom.